The van der Waals surface area contributed by atoms with Crippen molar-refractivity contribution >= 4 is 34.8 Å². The van der Waals surface area contributed by atoms with Crippen LogP contribution in [0, 0.1) is 0 Å². The first kappa shape index (κ1) is 51.7. The summed E-state index contributed by atoms with van der Waals surface area (Å²) in [6.07, 6.45) is 2.85. The van der Waals surface area contributed by atoms with Gasteiger partial charge in [0.05, 0.1) is 36.7 Å². The van der Waals surface area contributed by atoms with E-state index in [1.807, 2.05) is 7.05 Å². The molecule has 4 aliphatic rings. The number of amides is 1. The molecule has 0 spiro atoms. The average molecular weight is 987 g/mol. The van der Waals surface area contributed by atoms with Crippen LogP contribution in [-0.4, -0.2) is 142 Å². The van der Waals surface area contributed by atoms with E-state index >= 15 is 0 Å². The van der Waals surface area contributed by atoms with Gasteiger partial charge in [0, 0.05) is 87.0 Å². The van der Waals surface area contributed by atoms with E-state index in [4.69, 9.17) is 25.8 Å². The summed E-state index contributed by atoms with van der Waals surface area (Å²) in [6, 6.07) is 6.07. The first-order chi connectivity index (χ1) is 32.2. The Labute approximate surface area is 394 Å². The number of ether oxygens (including phenoxy) is 4. The highest BCUT2D eigenvalue weighted by Crippen LogP contribution is 2.36. The number of aromatic nitrogens is 8. The quantitative estimate of drug-likeness (QED) is 0.0906. The highest BCUT2D eigenvalue weighted by molar-refractivity contribution is 6.61. The third kappa shape index (κ3) is 15.7. The van der Waals surface area contributed by atoms with Crippen LogP contribution in [0.2, 0.25) is 0 Å². The van der Waals surface area contributed by atoms with Crippen LogP contribution in [-0.2, 0) is 22.8 Å². The van der Waals surface area contributed by atoms with Crippen LogP contribution in [0.15, 0.2) is 36.7 Å². The van der Waals surface area contributed by atoms with Gasteiger partial charge in [-0.15, -0.1) is 0 Å². The molecule has 0 bridgehead atoms. The lowest BCUT2D eigenvalue weighted by Crippen LogP contribution is -2.56. The lowest BCUT2D eigenvalue weighted by atomic mass is 9.92. The topological polar surface area (TPSA) is 189 Å². The molecule has 1 amide bonds. The predicted molar refractivity (Wildman–Crippen MR) is 237 cm³/mol. The molecule has 2 saturated heterocycles. The van der Waals surface area contributed by atoms with Crippen molar-refractivity contribution in [1.82, 2.24) is 49.3 Å². The summed E-state index contributed by atoms with van der Waals surface area (Å²) in [4.78, 5) is 43.0. The fraction of sp³-hybridized carbons (Fsp3) is 0.628. The molecule has 25 heteroatoms. The number of likely N-dealkylation sites (tertiary alicyclic amines) is 2. The summed E-state index contributed by atoms with van der Waals surface area (Å²) in [5, 5.41) is 14.6. The van der Waals surface area contributed by atoms with Crippen molar-refractivity contribution in [3.63, 3.8) is 0 Å². The van der Waals surface area contributed by atoms with E-state index in [0.29, 0.717) is 56.3 Å². The minimum Gasteiger partial charge on any atom is -0.471 e. The highest BCUT2D eigenvalue weighted by atomic mass is 35.5. The molecule has 4 fully saturated rings. The maximum atomic E-state index is 13.5. The largest absolute Gasteiger partial charge is 0.471 e. The molecule has 0 unspecified atom stereocenters. The van der Waals surface area contributed by atoms with Crippen LogP contribution in [0.1, 0.15) is 90.4 Å². The fourth-order valence-corrected chi connectivity index (χ4v) is 7.53. The Bertz CT molecular complexity index is 2260. The van der Waals surface area contributed by atoms with Crippen molar-refractivity contribution in [2.24, 2.45) is 0 Å². The highest BCUT2D eigenvalue weighted by Gasteiger charge is 2.37. The van der Waals surface area contributed by atoms with E-state index in [1.54, 1.807) is 52.1 Å². The molecule has 2 saturated carbocycles. The fourth-order valence-electron chi connectivity index (χ4n) is 7.36. The maximum Gasteiger partial charge on any atom is 0.410 e. The van der Waals surface area contributed by atoms with Gasteiger partial charge in [0.15, 0.2) is 0 Å². The molecule has 8 rings (SSSR count). The van der Waals surface area contributed by atoms with E-state index in [0.717, 1.165) is 13.1 Å². The molecule has 4 aromatic heterocycles. The maximum absolute atomic E-state index is 13.5. The molecule has 2 aliphatic carbocycles. The monoisotopic (exact) mass is 986 g/mol. The predicted octanol–water partition coefficient (Wildman–Crippen LogP) is 8.31. The Balaban J connectivity index is 0.000000198. The molecule has 4 aromatic rings. The Morgan fingerprint density at radius 2 is 1.10 bits per heavy atom. The summed E-state index contributed by atoms with van der Waals surface area (Å²) in [7, 11) is 2.00. The number of nitrogens with zero attached hydrogens (tertiary/aromatic N) is 10. The average Bonchev–Trinajstić information content (AvgIpc) is 3.94. The third-order valence-corrected chi connectivity index (χ3v) is 11.0. The van der Waals surface area contributed by atoms with Crippen LogP contribution >= 0.6 is 11.6 Å². The SMILES string of the molecule is CC(C)OC(=O)Cl.CC(C)OC(=O)N1CC(Oc2cc(NC3CCC(F)(F)CC3)nc(-n3ccc(CF)n3)n2)C1.CN1CC(Oc2cc(NC3CCC(F)(F)CC3)nc(-n3ccc(CF)n3)n2)C1. The van der Waals surface area contributed by atoms with Gasteiger partial charge >= 0.3 is 11.5 Å². The van der Waals surface area contributed by atoms with Gasteiger partial charge in [-0.25, -0.2) is 45.3 Å². The van der Waals surface area contributed by atoms with Crippen LogP contribution in [0.5, 0.6) is 11.8 Å². The number of hydrogen-bond donors (Lipinski definition) is 2. The van der Waals surface area contributed by atoms with Crippen molar-refractivity contribution in [2.45, 2.75) is 141 Å². The second kappa shape index (κ2) is 23.1. The van der Waals surface area contributed by atoms with Crippen LogP contribution in [0.3, 0.4) is 0 Å². The molecular weight excluding hydrogens is 930 g/mol. The van der Waals surface area contributed by atoms with Gasteiger partial charge in [0.25, 0.3) is 11.9 Å². The Morgan fingerprint density at radius 1 is 0.691 bits per heavy atom. The molecule has 0 atom stereocenters. The standard InChI is InChI=1S/C21H27F3N6O3.C18H23F3N6O.C4H7ClO2/c1-13(2)32-20(31)29-11-16(12-29)33-18-9-17(25-14-3-6-21(23,24)7-4-14)26-19(27-18)30-8-5-15(10-22)28-30;1-26-10-14(11-26)28-16-8-15(22-12-2-5-18(20,21)6-3-12)23-17(24-16)27-7-4-13(9-19)25-27;1-3(2)7-4(5)6/h5,8-9,13-14,16H,3-4,6-7,10-12H2,1-2H3,(H,25,26,27);4,7-8,12,14H,2-3,5-6,9-11H2,1H3,(H,22,23,24);3H,1-2H3. The molecule has 68 heavy (non-hydrogen) atoms. The van der Waals surface area contributed by atoms with Crippen molar-refractivity contribution in [1.29, 1.82) is 0 Å². The molecule has 374 valence electrons. The summed E-state index contributed by atoms with van der Waals surface area (Å²) in [6.45, 7) is 7.91. The Hall–Kier alpha value is -5.65. The van der Waals surface area contributed by atoms with Gasteiger partial charge in [-0.3, -0.25) is 4.90 Å². The van der Waals surface area contributed by atoms with E-state index in [9.17, 15) is 35.9 Å². The number of halogens is 7. The number of hydrogen-bond acceptors (Lipinski definition) is 15. The number of nitrogens with one attached hydrogen (secondary N) is 2. The summed E-state index contributed by atoms with van der Waals surface area (Å²) >= 11 is 4.81. The molecular formula is C43H57ClF6N12O6. The third-order valence-electron chi connectivity index (χ3n) is 10.9. The number of carbonyl (C=O) groups is 2. The number of anilines is 2. The minimum absolute atomic E-state index is 0.0352. The number of alkyl halides is 6. The van der Waals surface area contributed by atoms with E-state index in [2.05, 4.69) is 50.4 Å². The zero-order chi connectivity index (χ0) is 49.2. The molecule has 2 N–H and O–H groups in total. The zero-order valence-electron chi connectivity index (χ0n) is 38.4. The van der Waals surface area contributed by atoms with Crippen LogP contribution in [0.4, 0.5) is 47.6 Å². The lowest BCUT2D eigenvalue weighted by Gasteiger charge is -2.38. The molecule has 18 nitrogen and oxygen atoms in total. The van der Waals surface area contributed by atoms with Gasteiger partial charge in [0.1, 0.15) is 37.2 Å². The number of likely N-dealkylation sites (N-methyl/N-ethyl adjacent to an activating group) is 1. The molecule has 0 radical (unpaired) electrons. The lowest BCUT2D eigenvalue weighted by molar-refractivity contribution is -0.0366. The second-order valence-corrected chi connectivity index (χ2v) is 17.9. The van der Waals surface area contributed by atoms with Gasteiger partial charge in [-0.2, -0.15) is 30.1 Å². The van der Waals surface area contributed by atoms with Crippen LogP contribution in [0.25, 0.3) is 11.9 Å². The van der Waals surface area contributed by atoms with Gasteiger partial charge < -0.3 is 34.5 Å². The van der Waals surface area contributed by atoms with Crippen molar-refractivity contribution in [3.05, 3.63) is 48.0 Å². The van der Waals surface area contributed by atoms with E-state index < -0.39 is 36.7 Å². The van der Waals surface area contributed by atoms with Gasteiger partial charge in [-0.1, -0.05) is 0 Å². The van der Waals surface area contributed by atoms with Crippen molar-refractivity contribution in [2.75, 3.05) is 43.9 Å². The van der Waals surface area contributed by atoms with Crippen molar-refractivity contribution < 1.29 is 54.9 Å². The molecule has 6 heterocycles. The van der Waals surface area contributed by atoms with Crippen LogP contribution < -0.4 is 20.1 Å². The number of carbonyl (C=O) groups excluding carboxylic acids is 2. The summed E-state index contributed by atoms with van der Waals surface area (Å²) < 4.78 is 104. The van der Waals surface area contributed by atoms with Crippen molar-refractivity contribution in [3.8, 4) is 23.7 Å². The molecule has 2 aliphatic heterocycles. The summed E-state index contributed by atoms with van der Waals surface area (Å²) in [5.41, 5.74) is -0.234. The van der Waals surface area contributed by atoms with Gasteiger partial charge in [-0.05, 0) is 72.6 Å². The second-order valence-electron chi connectivity index (χ2n) is 17.5. The van der Waals surface area contributed by atoms with E-state index in [1.165, 1.54) is 26.5 Å². The Morgan fingerprint density at radius 3 is 1.44 bits per heavy atom. The Kier molecular flexibility index (Phi) is 17.6. The van der Waals surface area contributed by atoms with Gasteiger partial charge in [0.2, 0.25) is 23.6 Å². The first-order valence-electron chi connectivity index (χ1n) is 22.4. The minimum atomic E-state index is -2.63. The normalized spacial score (nSPS) is 18.6. The summed E-state index contributed by atoms with van der Waals surface area (Å²) in [5.74, 6) is -3.31. The first-order valence-corrected chi connectivity index (χ1v) is 22.7. The smallest absolute Gasteiger partial charge is 0.410 e. The zero-order valence-corrected chi connectivity index (χ0v) is 39.2. The molecule has 0 aromatic carbocycles. The number of rotatable bonds is 14. The van der Waals surface area contributed by atoms with E-state index in [-0.39, 0.29) is 91.3 Å².